The Hall–Kier alpha value is -0.910. The summed E-state index contributed by atoms with van der Waals surface area (Å²) in [5.74, 6) is 0.0642. The SMILES string of the molecule is CN(Cc1cccs1)C(=O)C1CCC(CN)O1. The van der Waals surface area contributed by atoms with Crippen LogP contribution in [0.15, 0.2) is 17.5 Å². The molecule has 0 aromatic carbocycles. The molecular weight excluding hydrogens is 236 g/mol. The summed E-state index contributed by atoms with van der Waals surface area (Å²) in [6.45, 7) is 1.15. The highest BCUT2D eigenvalue weighted by Crippen LogP contribution is 2.21. The van der Waals surface area contributed by atoms with Crippen molar-refractivity contribution in [3.63, 3.8) is 0 Å². The van der Waals surface area contributed by atoms with Crippen LogP contribution in [0.1, 0.15) is 17.7 Å². The molecule has 1 fully saturated rings. The van der Waals surface area contributed by atoms with Crippen molar-refractivity contribution >= 4 is 17.2 Å². The Labute approximate surface area is 105 Å². The molecule has 1 saturated heterocycles. The van der Waals surface area contributed by atoms with Crippen LogP contribution in [-0.2, 0) is 16.1 Å². The summed E-state index contributed by atoms with van der Waals surface area (Å²) in [5.41, 5.74) is 5.53. The minimum Gasteiger partial charge on any atom is -0.364 e. The zero-order valence-electron chi connectivity index (χ0n) is 9.96. The second-order valence-electron chi connectivity index (χ2n) is 4.33. The van der Waals surface area contributed by atoms with Gasteiger partial charge in [-0.25, -0.2) is 0 Å². The summed E-state index contributed by atoms with van der Waals surface area (Å²) < 4.78 is 5.60. The zero-order valence-corrected chi connectivity index (χ0v) is 10.8. The summed E-state index contributed by atoms with van der Waals surface area (Å²) >= 11 is 1.66. The maximum absolute atomic E-state index is 12.1. The first kappa shape index (κ1) is 12.5. The normalized spacial score (nSPS) is 23.9. The van der Waals surface area contributed by atoms with Crippen LogP contribution in [0.4, 0.5) is 0 Å². The summed E-state index contributed by atoms with van der Waals surface area (Å²) in [7, 11) is 1.82. The highest BCUT2D eigenvalue weighted by Gasteiger charge is 2.31. The fourth-order valence-electron chi connectivity index (χ4n) is 2.02. The van der Waals surface area contributed by atoms with E-state index in [1.54, 1.807) is 16.2 Å². The van der Waals surface area contributed by atoms with E-state index in [4.69, 9.17) is 10.5 Å². The zero-order chi connectivity index (χ0) is 12.3. The lowest BCUT2D eigenvalue weighted by molar-refractivity contribution is -0.141. The van der Waals surface area contributed by atoms with Gasteiger partial charge in [0.05, 0.1) is 12.6 Å². The van der Waals surface area contributed by atoms with Gasteiger partial charge in [-0.2, -0.15) is 0 Å². The Morgan fingerprint density at radius 1 is 1.65 bits per heavy atom. The van der Waals surface area contributed by atoms with Gasteiger partial charge in [-0.1, -0.05) is 6.07 Å². The number of nitrogens with two attached hydrogens (primary N) is 1. The monoisotopic (exact) mass is 254 g/mol. The van der Waals surface area contributed by atoms with Gasteiger partial charge in [0.2, 0.25) is 0 Å². The van der Waals surface area contributed by atoms with Crippen molar-refractivity contribution in [2.75, 3.05) is 13.6 Å². The van der Waals surface area contributed by atoms with Crippen molar-refractivity contribution in [1.29, 1.82) is 0 Å². The minimum absolute atomic E-state index is 0.0547. The molecule has 2 heterocycles. The minimum atomic E-state index is -0.298. The van der Waals surface area contributed by atoms with E-state index in [1.165, 1.54) is 4.88 Å². The maximum Gasteiger partial charge on any atom is 0.251 e. The van der Waals surface area contributed by atoms with Crippen LogP contribution >= 0.6 is 11.3 Å². The van der Waals surface area contributed by atoms with E-state index in [9.17, 15) is 4.79 Å². The van der Waals surface area contributed by atoms with Crippen LogP contribution in [0.5, 0.6) is 0 Å². The van der Waals surface area contributed by atoms with Gasteiger partial charge in [-0.05, 0) is 24.3 Å². The van der Waals surface area contributed by atoms with Crippen LogP contribution in [0.3, 0.4) is 0 Å². The molecule has 0 spiro atoms. The number of rotatable bonds is 4. The molecule has 2 atom stereocenters. The average molecular weight is 254 g/mol. The molecule has 1 amide bonds. The molecule has 0 saturated carbocycles. The third kappa shape index (κ3) is 3.06. The van der Waals surface area contributed by atoms with Gasteiger partial charge in [-0.3, -0.25) is 4.79 Å². The number of hydrogen-bond acceptors (Lipinski definition) is 4. The van der Waals surface area contributed by atoms with Crippen molar-refractivity contribution in [3.8, 4) is 0 Å². The number of nitrogens with zero attached hydrogens (tertiary/aromatic N) is 1. The second kappa shape index (κ2) is 5.62. The van der Waals surface area contributed by atoms with Crippen molar-refractivity contribution in [1.82, 2.24) is 4.90 Å². The first-order valence-corrected chi connectivity index (χ1v) is 6.71. The van der Waals surface area contributed by atoms with Gasteiger partial charge in [0, 0.05) is 18.5 Å². The number of hydrogen-bond donors (Lipinski definition) is 1. The number of amides is 1. The fourth-order valence-corrected chi connectivity index (χ4v) is 2.78. The van der Waals surface area contributed by atoms with E-state index in [2.05, 4.69) is 0 Å². The molecule has 1 aromatic heterocycles. The quantitative estimate of drug-likeness (QED) is 0.878. The van der Waals surface area contributed by atoms with Gasteiger partial charge in [0.25, 0.3) is 5.91 Å². The van der Waals surface area contributed by atoms with Crippen molar-refractivity contribution in [2.45, 2.75) is 31.6 Å². The molecule has 2 unspecified atom stereocenters. The Morgan fingerprint density at radius 2 is 2.47 bits per heavy atom. The van der Waals surface area contributed by atoms with E-state index in [-0.39, 0.29) is 18.1 Å². The molecular formula is C12H18N2O2S. The van der Waals surface area contributed by atoms with Crippen LogP contribution in [0.2, 0.25) is 0 Å². The highest BCUT2D eigenvalue weighted by atomic mass is 32.1. The largest absolute Gasteiger partial charge is 0.364 e. The van der Waals surface area contributed by atoms with Gasteiger partial charge in [0.15, 0.2) is 0 Å². The van der Waals surface area contributed by atoms with Gasteiger partial charge in [0.1, 0.15) is 6.10 Å². The molecule has 5 heteroatoms. The summed E-state index contributed by atoms with van der Waals surface area (Å²) in [6, 6.07) is 4.03. The maximum atomic E-state index is 12.1. The predicted molar refractivity (Wildman–Crippen MR) is 67.7 cm³/mol. The number of thiophene rings is 1. The third-order valence-corrected chi connectivity index (χ3v) is 3.86. The molecule has 94 valence electrons. The van der Waals surface area contributed by atoms with E-state index in [0.717, 1.165) is 12.8 Å². The molecule has 2 rings (SSSR count). The van der Waals surface area contributed by atoms with Gasteiger partial charge >= 0.3 is 0 Å². The number of likely N-dealkylation sites (N-methyl/N-ethyl adjacent to an activating group) is 1. The Kier molecular flexibility index (Phi) is 4.15. The summed E-state index contributed by atoms with van der Waals surface area (Å²) in [5, 5.41) is 2.02. The predicted octanol–water partition coefficient (Wildman–Crippen LogP) is 1.21. The molecule has 2 N–H and O–H groups in total. The molecule has 17 heavy (non-hydrogen) atoms. The molecule has 1 aromatic rings. The fraction of sp³-hybridized carbons (Fsp3) is 0.583. The lowest BCUT2D eigenvalue weighted by Gasteiger charge is -2.20. The highest BCUT2D eigenvalue weighted by molar-refractivity contribution is 7.09. The molecule has 0 bridgehead atoms. The van der Waals surface area contributed by atoms with Crippen molar-refractivity contribution in [3.05, 3.63) is 22.4 Å². The molecule has 4 nitrogen and oxygen atoms in total. The smallest absolute Gasteiger partial charge is 0.251 e. The van der Waals surface area contributed by atoms with Crippen molar-refractivity contribution < 1.29 is 9.53 Å². The third-order valence-electron chi connectivity index (χ3n) is 3.00. The number of carbonyl (C=O) groups excluding carboxylic acids is 1. The van der Waals surface area contributed by atoms with E-state index in [0.29, 0.717) is 13.1 Å². The van der Waals surface area contributed by atoms with E-state index in [1.807, 2.05) is 24.6 Å². The molecule has 0 aliphatic carbocycles. The van der Waals surface area contributed by atoms with Gasteiger partial charge in [-0.15, -0.1) is 11.3 Å². The Morgan fingerprint density at radius 3 is 3.06 bits per heavy atom. The average Bonchev–Trinajstić information content (AvgIpc) is 2.98. The Bertz CT molecular complexity index is 367. The van der Waals surface area contributed by atoms with Crippen molar-refractivity contribution in [2.24, 2.45) is 5.73 Å². The van der Waals surface area contributed by atoms with E-state index < -0.39 is 0 Å². The van der Waals surface area contributed by atoms with Crippen LogP contribution < -0.4 is 5.73 Å². The molecule has 0 radical (unpaired) electrons. The van der Waals surface area contributed by atoms with Crippen LogP contribution in [0, 0.1) is 0 Å². The van der Waals surface area contributed by atoms with Crippen LogP contribution in [0.25, 0.3) is 0 Å². The standard InChI is InChI=1S/C12H18N2O2S/c1-14(8-10-3-2-6-17-10)12(15)11-5-4-9(7-13)16-11/h2-3,6,9,11H,4-5,7-8,13H2,1H3. The lowest BCUT2D eigenvalue weighted by atomic mass is 10.2. The van der Waals surface area contributed by atoms with Crippen LogP contribution in [-0.4, -0.2) is 36.6 Å². The summed E-state index contributed by atoms with van der Waals surface area (Å²) in [4.78, 5) is 15.0. The lowest BCUT2D eigenvalue weighted by Crippen LogP contribution is -2.36. The summed E-state index contributed by atoms with van der Waals surface area (Å²) in [6.07, 6.45) is 1.43. The number of ether oxygens (including phenoxy) is 1. The van der Waals surface area contributed by atoms with Gasteiger partial charge < -0.3 is 15.4 Å². The first-order chi connectivity index (χ1) is 8.20. The molecule has 1 aliphatic rings. The topological polar surface area (TPSA) is 55.6 Å². The first-order valence-electron chi connectivity index (χ1n) is 5.83. The van der Waals surface area contributed by atoms with E-state index >= 15 is 0 Å². The molecule has 1 aliphatic heterocycles. The number of carbonyl (C=O) groups is 1. The second-order valence-corrected chi connectivity index (χ2v) is 5.37. The Balaban J connectivity index is 1.87.